The second-order valence-electron chi connectivity index (χ2n) is 4.63. The molecular formula is C13H16BrNO3. The number of carbonyl (C=O) groups is 1. The number of alkyl halides is 1. The minimum atomic E-state index is -0.271. The number of phenols is 2. The normalized spacial score (nSPS) is 23.6. The molecule has 0 spiro atoms. The van der Waals surface area contributed by atoms with E-state index in [1.807, 2.05) is 0 Å². The largest absolute Gasteiger partial charge is 0.504 e. The molecule has 1 aliphatic carbocycles. The third-order valence-electron chi connectivity index (χ3n) is 3.23. The summed E-state index contributed by atoms with van der Waals surface area (Å²) in [6, 6.07) is 4.29. The smallest absolute Gasteiger partial charge is 0.251 e. The third kappa shape index (κ3) is 3.16. The summed E-state index contributed by atoms with van der Waals surface area (Å²) in [6.07, 6.45) is 4.05. The molecule has 1 aliphatic rings. The van der Waals surface area contributed by atoms with Gasteiger partial charge in [-0.25, -0.2) is 0 Å². The summed E-state index contributed by atoms with van der Waals surface area (Å²) < 4.78 is 0. The van der Waals surface area contributed by atoms with Gasteiger partial charge >= 0.3 is 0 Å². The Morgan fingerprint density at radius 1 is 1.17 bits per heavy atom. The summed E-state index contributed by atoms with van der Waals surface area (Å²) in [7, 11) is 0. The first-order chi connectivity index (χ1) is 8.56. The molecule has 2 rings (SSSR count). The average molecular weight is 314 g/mol. The SMILES string of the molecule is O=C(NC1CCC(Br)CC1)c1ccc(O)c(O)c1. The molecule has 0 radical (unpaired) electrons. The highest BCUT2D eigenvalue weighted by Crippen LogP contribution is 2.26. The summed E-state index contributed by atoms with van der Waals surface area (Å²) in [5, 5.41) is 21.5. The van der Waals surface area contributed by atoms with Crippen molar-refractivity contribution in [1.29, 1.82) is 0 Å². The van der Waals surface area contributed by atoms with E-state index in [-0.39, 0.29) is 23.4 Å². The fourth-order valence-electron chi connectivity index (χ4n) is 2.13. The summed E-state index contributed by atoms with van der Waals surface area (Å²) in [5.74, 6) is -0.693. The van der Waals surface area contributed by atoms with Crippen LogP contribution in [0.15, 0.2) is 18.2 Å². The molecule has 5 heteroatoms. The number of benzene rings is 1. The van der Waals surface area contributed by atoms with Gasteiger partial charge in [0.1, 0.15) is 0 Å². The average Bonchev–Trinajstić information content (AvgIpc) is 2.35. The Kier molecular flexibility index (Phi) is 4.11. The van der Waals surface area contributed by atoms with Gasteiger partial charge in [-0.1, -0.05) is 15.9 Å². The monoisotopic (exact) mass is 313 g/mol. The number of amides is 1. The summed E-state index contributed by atoms with van der Waals surface area (Å²) in [6.45, 7) is 0. The standard InChI is InChI=1S/C13H16BrNO3/c14-9-2-4-10(5-3-9)15-13(18)8-1-6-11(16)12(17)7-8/h1,6-7,9-10,16-17H,2-5H2,(H,15,18). The molecule has 0 heterocycles. The van der Waals surface area contributed by atoms with Crippen LogP contribution in [0.1, 0.15) is 36.0 Å². The van der Waals surface area contributed by atoms with Crippen LogP contribution in [0.4, 0.5) is 0 Å². The molecule has 1 fully saturated rings. The zero-order chi connectivity index (χ0) is 13.1. The van der Waals surface area contributed by atoms with Crippen molar-refractivity contribution in [2.75, 3.05) is 0 Å². The van der Waals surface area contributed by atoms with Crippen molar-refractivity contribution in [2.24, 2.45) is 0 Å². The van der Waals surface area contributed by atoms with Crippen LogP contribution in [0.25, 0.3) is 0 Å². The van der Waals surface area contributed by atoms with Crippen molar-refractivity contribution in [2.45, 2.75) is 36.6 Å². The van der Waals surface area contributed by atoms with Crippen molar-refractivity contribution in [1.82, 2.24) is 5.32 Å². The summed E-state index contributed by atoms with van der Waals surface area (Å²) in [4.78, 5) is 12.5. The van der Waals surface area contributed by atoms with Crippen molar-refractivity contribution in [3.05, 3.63) is 23.8 Å². The first-order valence-electron chi connectivity index (χ1n) is 6.03. The van der Waals surface area contributed by atoms with E-state index in [1.165, 1.54) is 18.2 Å². The Morgan fingerprint density at radius 2 is 1.83 bits per heavy atom. The summed E-state index contributed by atoms with van der Waals surface area (Å²) >= 11 is 3.57. The number of nitrogens with one attached hydrogen (secondary N) is 1. The Balaban J connectivity index is 1.97. The van der Waals surface area contributed by atoms with Gasteiger partial charge in [0.05, 0.1) is 0 Å². The van der Waals surface area contributed by atoms with Crippen LogP contribution in [-0.4, -0.2) is 27.0 Å². The molecule has 1 aromatic rings. The lowest BCUT2D eigenvalue weighted by Crippen LogP contribution is -2.37. The zero-order valence-electron chi connectivity index (χ0n) is 9.90. The minimum Gasteiger partial charge on any atom is -0.504 e. The number of aromatic hydroxyl groups is 2. The van der Waals surface area contributed by atoms with E-state index in [9.17, 15) is 15.0 Å². The van der Waals surface area contributed by atoms with Crippen LogP contribution in [0.3, 0.4) is 0 Å². The molecule has 0 aromatic heterocycles. The lowest BCUT2D eigenvalue weighted by molar-refractivity contribution is 0.0928. The predicted molar refractivity (Wildman–Crippen MR) is 72.2 cm³/mol. The topological polar surface area (TPSA) is 69.6 Å². The molecule has 1 saturated carbocycles. The van der Waals surface area contributed by atoms with Gasteiger partial charge in [-0.3, -0.25) is 4.79 Å². The van der Waals surface area contributed by atoms with Crippen LogP contribution in [-0.2, 0) is 0 Å². The molecule has 1 aromatic carbocycles. The minimum absolute atomic E-state index is 0.197. The molecule has 0 aliphatic heterocycles. The molecule has 4 nitrogen and oxygen atoms in total. The Labute approximate surface area is 114 Å². The lowest BCUT2D eigenvalue weighted by atomic mass is 9.95. The van der Waals surface area contributed by atoms with Gasteiger partial charge in [0.2, 0.25) is 0 Å². The maximum absolute atomic E-state index is 11.9. The predicted octanol–water partition coefficient (Wildman–Crippen LogP) is 2.53. The van der Waals surface area contributed by atoms with Crippen LogP contribution in [0.5, 0.6) is 11.5 Å². The van der Waals surface area contributed by atoms with Gasteiger partial charge in [-0.15, -0.1) is 0 Å². The Morgan fingerprint density at radius 3 is 2.44 bits per heavy atom. The van der Waals surface area contributed by atoms with E-state index in [2.05, 4.69) is 21.2 Å². The number of hydrogen-bond acceptors (Lipinski definition) is 3. The molecule has 98 valence electrons. The van der Waals surface area contributed by atoms with Crippen LogP contribution in [0.2, 0.25) is 0 Å². The fraction of sp³-hybridized carbons (Fsp3) is 0.462. The number of rotatable bonds is 2. The molecule has 3 N–H and O–H groups in total. The molecule has 0 saturated heterocycles. The van der Waals surface area contributed by atoms with E-state index >= 15 is 0 Å². The number of carbonyl (C=O) groups excluding carboxylic acids is 1. The molecule has 18 heavy (non-hydrogen) atoms. The van der Waals surface area contributed by atoms with E-state index in [0.717, 1.165) is 25.7 Å². The first-order valence-corrected chi connectivity index (χ1v) is 6.94. The van der Waals surface area contributed by atoms with Crippen LogP contribution >= 0.6 is 15.9 Å². The fourth-order valence-corrected chi connectivity index (χ4v) is 2.66. The van der Waals surface area contributed by atoms with Gasteiger partial charge in [-0.05, 0) is 43.9 Å². The lowest BCUT2D eigenvalue weighted by Gasteiger charge is -2.26. The highest BCUT2D eigenvalue weighted by atomic mass is 79.9. The van der Waals surface area contributed by atoms with Gasteiger partial charge in [0, 0.05) is 16.4 Å². The third-order valence-corrected chi connectivity index (χ3v) is 4.15. The second kappa shape index (κ2) is 5.61. The van der Waals surface area contributed by atoms with Gasteiger partial charge < -0.3 is 15.5 Å². The molecule has 0 atom stereocenters. The maximum atomic E-state index is 11.9. The van der Waals surface area contributed by atoms with Crippen molar-refractivity contribution >= 4 is 21.8 Å². The zero-order valence-corrected chi connectivity index (χ0v) is 11.5. The van der Waals surface area contributed by atoms with Crippen LogP contribution < -0.4 is 5.32 Å². The second-order valence-corrected chi connectivity index (χ2v) is 5.92. The van der Waals surface area contributed by atoms with Crippen molar-refractivity contribution in [3.8, 4) is 11.5 Å². The van der Waals surface area contributed by atoms with Crippen LogP contribution in [0, 0.1) is 0 Å². The molecule has 0 bridgehead atoms. The van der Waals surface area contributed by atoms with E-state index in [1.54, 1.807) is 0 Å². The van der Waals surface area contributed by atoms with E-state index in [0.29, 0.717) is 10.4 Å². The Bertz CT molecular complexity index is 442. The molecule has 1 amide bonds. The van der Waals surface area contributed by atoms with Gasteiger partial charge in [0.15, 0.2) is 11.5 Å². The van der Waals surface area contributed by atoms with Crippen molar-refractivity contribution < 1.29 is 15.0 Å². The van der Waals surface area contributed by atoms with Gasteiger partial charge in [-0.2, -0.15) is 0 Å². The molecule has 0 unspecified atom stereocenters. The number of phenolic OH excluding ortho intramolecular Hbond substituents is 2. The quantitative estimate of drug-likeness (QED) is 0.580. The van der Waals surface area contributed by atoms with E-state index < -0.39 is 0 Å². The number of halogens is 1. The first kappa shape index (κ1) is 13.2. The number of hydrogen-bond donors (Lipinski definition) is 3. The summed E-state index contributed by atoms with van der Waals surface area (Å²) in [5.41, 5.74) is 0.367. The van der Waals surface area contributed by atoms with Gasteiger partial charge in [0.25, 0.3) is 5.91 Å². The highest BCUT2D eigenvalue weighted by molar-refractivity contribution is 9.09. The van der Waals surface area contributed by atoms with Crippen molar-refractivity contribution in [3.63, 3.8) is 0 Å². The molecular weight excluding hydrogens is 298 g/mol. The Hall–Kier alpha value is -1.23. The maximum Gasteiger partial charge on any atom is 0.251 e. The van der Waals surface area contributed by atoms with E-state index in [4.69, 9.17) is 0 Å². The highest BCUT2D eigenvalue weighted by Gasteiger charge is 2.21.